The summed E-state index contributed by atoms with van der Waals surface area (Å²) in [4.78, 5) is 20.9. The van der Waals surface area contributed by atoms with Crippen LogP contribution in [0, 0.1) is 6.92 Å². The lowest BCUT2D eigenvalue weighted by molar-refractivity contribution is 0.780. The number of hydrogen-bond acceptors (Lipinski definition) is 4. The Labute approximate surface area is 129 Å². The molecule has 2 aromatic heterocycles. The van der Waals surface area contributed by atoms with Crippen molar-refractivity contribution in [1.82, 2.24) is 14.5 Å². The monoisotopic (exact) mass is 303 g/mol. The van der Waals surface area contributed by atoms with Gasteiger partial charge in [0, 0.05) is 30.6 Å². The van der Waals surface area contributed by atoms with Gasteiger partial charge in [-0.15, -0.1) is 0 Å². The maximum absolute atomic E-state index is 11.9. The normalized spacial score (nSPS) is 10.9. The van der Waals surface area contributed by atoms with Crippen molar-refractivity contribution in [3.05, 3.63) is 39.9 Å². The van der Waals surface area contributed by atoms with E-state index in [0.29, 0.717) is 0 Å². The van der Waals surface area contributed by atoms with Crippen molar-refractivity contribution < 1.29 is 0 Å². The van der Waals surface area contributed by atoms with Gasteiger partial charge in [0.25, 0.3) is 5.56 Å². The minimum absolute atomic E-state index is 0.0352. The summed E-state index contributed by atoms with van der Waals surface area (Å²) in [5.41, 5.74) is 3.85. The molecule has 4 nitrogen and oxygen atoms in total. The van der Waals surface area contributed by atoms with Gasteiger partial charge in [0.15, 0.2) is 5.16 Å². The predicted molar refractivity (Wildman–Crippen MR) is 87.8 cm³/mol. The lowest BCUT2D eigenvalue weighted by Crippen LogP contribution is -2.18. The summed E-state index contributed by atoms with van der Waals surface area (Å²) < 4.78 is 1.62. The molecule has 2 rings (SSSR count). The van der Waals surface area contributed by atoms with Gasteiger partial charge in [-0.1, -0.05) is 25.1 Å². The highest BCUT2D eigenvalue weighted by Gasteiger charge is 2.11. The molecule has 112 valence electrons. The zero-order chi connectivity index (χ0) is 15.4. The molecular weight excluding hydrogens is 282 g/mol. The third-order valence-electron chi connectivity index (χ3n) is 3.46. The summed E-state index contributed by atoms with van der Waals surface area (Å²) >= 11 is 1.53. The Morgan fingerprint density at radius 1 is 1.38 bits per heavy atom. The first-order valence-electron chi connectivity index (χ1n) is 7.14. The molecule has 0 saturated carbocycles. The van der Waals surface area contributed by atoms with Gasteiger partial charge in [-0.2, -0.15) is 0 Å². The van der Waals surface area contributed by atoms with Crippen LogP contribution in [0.1, 0.15) is 30.9 Å². The molecule has 0 spiro atoms. The average Bonchev–Trinajstić information content (AvgIpc) is 2.50. The van der Waals surface area contributed by atoms with Crippen LogP contribution in [-0.2, 0) is 13.5 Å². The number of nitrogens with zero attached hydrogens (tertiary/aromatic N) is 3. The largest absolute Gasteiger partial charge is 0.318 e. The van der Waals surface area contributed by atoms with Crippen LogP contribution in [0.5, 0.6) is 0 Å². The Morgan fingerprint density at radius 2 is 2.14 bits per heavy atom. The van der Waals surface area contributed by atoms with Crippen molar-refractivity contribution in [3.8, 4) is 11.3 Å². The number of aryl methyl sites for hydroxylation is 3. The lowest BCUT2D eigenvalue weighted by atomic mass is 10.0. The summed E-state index contributed by atoms with van der Waals surface area (Å²) in [7, 11) is 1.78. The second-order valence-electron chi connectivity index (χ2n) is 5.16. The van der Waals surface area contributed by atoms with Crippen LogP contribution in [0.4, 0.5) is 0 Å². The molecule has 0 radical (unpaired) electrons. The van der Waals surface area contributed by atoms with E-state index in [1.54, 1.807) is 11.6 Å². The second kappa shape index (κ2) is 6.89. The van der Waals surface area contributed by atoms with E-state index < -0.39 is 0 Å². The van der Waals surface area contributed by atoms with Crippen molar-refractivity contribution in [2.75, 3.05) is 6.26 Å². The quantitative estimate of drug-likeness (QED) is 0.628. The summed E-state index contributed by atoms with van der Waals surface area (Å²) in [5.74, 6) is 0. The molecular formula is C16H21N3OS. The lowest BCUT2D eigenvalue weighted by Gasteiger charge is -2.11. The highest BCUT2D eigenvalue weighted by atomic mass is 32.2. The summed E-state index contributed by atoms with van der Waals surface area (Å²) in [5, 5.41) is 0.761. The number of unbranched alkanes of at least 4 members (excludes halogenated alkanes) is 1. The van der Waals surface area contributed by atoms with Gasteiger partial charge >= 0.3 is 0 Å². The van der Waals surface area contributed by atoms with E-state index in [1.165, 1.54) is 11.8 Å². The number of rotatable bonds is 5. The van der Waals surface area contributed by atoms with Crippen molar-refractivity contribution >= 4 is 11.8 Å². The summed E-state index contributed by atoms with van der Waals surface area (Å²) in [6.07, 6.45) is 8.95. The summed E-state index contributed by atoms with van der Waals surface area (Å²) in [6.45, 7) is 4.02. The fourth-order valence-electron chi connectivity index (χ4n) is 2.30. The Morgan fingerprint density at radius 3 is 2.76 bits per heavy atom. The molecule has 21 heavy (non-hydrogen) atoms. The minimum Gasteiger partial charge on any atom is -0.318 e. The SMILES string of the molecule is CCCCc1cnc(SC)nc1-c1cc(C)c(=O)n(C)c1. The van der Waals surface area contributed by atoms with Gasteiger partial charge in [0.2, 0.25) is 0 Å². The minimum atomic E-state index is 0.0352. The molecule has 0 fully saturated rings. The molecule has 0 N–H and O–H groups in total. The molecule has 2 heterocycles. The molecule has 0 saturated heterocycles. The standard InChI is InChI=1S/C16H21N3OS/c1-5-6-7-12-9-17-16(21-4)18-14(12)13-8-11(2)15(20)19(3)10-13/h8-10H,5-7H2,1-4H3. The Kier molecular flexibility index (Phi) is 5.17. The van der Waals surface area contributed by atoms with E-state index in [0.717, 1.165) is 46.8 Å². The van der Waals surface area contributed by atoms with Gasteiger partial charge in [-0.25, -0.2) is 9.97 Å². The molecule has 0 atom stereocenters. The molecule has 0 aromatic carbocycles. The van der Waals surface area contributed by atoms with E-state index in [4.69, 9.17) is 0 Å². The van der Waals surface area contributed by atoms with Crippen LogP contribution in [0.3, 0.4) is 0 Å². The van der Waals surface area contributed by atoms with E-state index >= 15 is 0 Å². The number of aromatic nitrogens is 3. The van der Waals surface area contributed by atoms with Crippen molar-refractivity contribution in [1.29, 1.82) is 0 Å². The van der Waals surface area contributed by atoms with Gasteiger partial charge in [0.1, 0.15) is 0 Å². The fraction of sp³-hybridized carbons (Fsp3) is 0.438. The smallest absolute Gasteiger partial charge is 0.253 e. The molecule has 2 aromatic rings. The maximum atomic E-state index is 11.9. The van der Waals surface area contributed by atoms with Crippen molar-refractivity contribution in [2.45, 2.75) is 38.3 Å². The number of thioether (sulfide) groups is 1. The van der Waals surface area contributed by atoms with E-state index in [2.05, 4.69) is 16.9 Å². The van der Waals surface area contributed by atoms with Crippen LogP contribution in [-0.4, -0.2) is 20.8 Å². The molecule has 0 aliphatic rings. The third-order valence-corrected chi connectivity index (χ3v) is 4.02. The van der Waals surface area contributed by atoms with Crippen molar-refractivity contribution in [3.63, 3.8) is 0 Å². The Bertz CT molecular complexity index is 668. The highest BCUT2D eigenvalue weighted by Crippen LogP contribution is 2.24. The Hall–Kier alpha value is -1.62. The molecule has 0 amide bonds. The molecule has 0 bridgehead atoms. The molecule has 0 aliphatic heterocycles. The zero-order valence-electron chi connectivity index (χ0n) is 13.0. The van der Waals surface area contributed by atoms with Crippen molar-refractivity contribution in [2.24, 2.45) is 7.05 Å². The zero-order valence-corrected chi connectivity index (χ0v) is 13.8. The first kappa shape index (κ1) is 15.8. The highest BCUT2D eigenvalue weighted by molar-refractivity contribution is 7.98. The molecule has 0 aliphatic carbocycles. The van der Waals surface area contributed by atoms with E-state index in [1.807, 2.05) is 31.6 Å². The maximum Gasteiger partial charge on any atom is 0.253 e. The van der Waals surface area contributed by atoms with Crippen LogP contribution in [0.15, 0.2) is 28.4 Å². The van der Waals surface area contributed by atoms with Gasteiger partial charge in [-0.3, -0.25) is 4.79 Å². The number of pyridine rings is 1. The first-order chi connectivity index (χ1) is 10.1. The third kappa shape index (κ3) is 3.53. The van der Waals surface area contributed by atoms with E-state index in [-0.39, 0.29) is 5.56 Å². The van der Waals surface area contributed by atoms with Crippen LogP contribution >= 0.6 is 11.8 Å². The van der Waals surface area contributed by atoms with Crippen LogP contribution in [0.2, 0.25) is 0 Å². The predicted octanol–water partition coefficient (Wildman–Crippen LogP) is 3.22. The first-order valence-corrected chi connectivity index (χ1v) is 8.36. The summed E-state index contributed by atoms with van der Waals surface area (Å²) in [6, 6.07) is 1.92. The number of hydrogen-bond donors (Lipinski definition) is 0. The second-order valence-corrected chi connectivity index (χ2v) is 5.94. The van der Waals surface area contributed by atoms with Gasteiger partial charge < -0.3 is 4.57 Å². The van der Waals surface area contributed by atoms with E-state index in [9.17, 15) is 4.79 Å². The van der Waals surface area contributed by atoms with Crippen LogP contribution in [0.25, 0.3) is 11.3 Å². The average molecular weight is 303 g/mol. The topological polar surface area (TPSA) is 47.8 Å². The fourth-order valence-corrected chi connectivity index (χ4v) is 2.64. The van der Waals surface area contributed by atoms with Crippen LogP contribution < -0.4 is 5.56 Å². The van der Waals surface area contributed by atoms with Gasteiger partial charge in [0.05, 0.1) is 5.69 Å². The molecule has 0 unspecified atom stereocenters. The Balaban J connectivity index is 2.57. The molecule has 5 heteroatoms. The van der Waals surface area contributed by atoms with Gasteiger partial charge in [-0.05, 0) is 37.7 Å².